The molecule has 0 aliphatic rings. The molecule has 0 unspecified atom stereocenters. The number of hydrogen-bond donors (Lipinski definition) is 2. The van der Waals surface area contributed by atoms with Crippen molar-refractivity contribution in [2.75, 3.05) is 24.4 Å². The molecule has 3 amide bonds. The average molecular weight is 565 g/mol. The number of nitrogens with zero attached hydrogens (tertiary/aromatic N) is 2. The van der Waals surface area contributed by atoms with Crippen LogP contribution in [0.5, 0.6) is 11.5 Å². The summed E-state index contributed by atoms with van der Waals surface area (Å²) < 4.78 is 16.2. The number of carbonyl (C=O) groups is 3. The van der Waals surface area contributed by atoms with E-state index in [4.69, 9.17) is 14.0 Å². The Morgan fingerprint density at radius 3 is 2.24 bits per heavy atom. The highest BCUT2D eigenvalue weighted by molar-refractivity contribution is 6.03. The van der Waals surface area contributed by atoms with Crippen molar-refractivity contribution in [1.82, 2.24) is 10.5 Å². The molecule has 10 heteroatoms. The zero-order chi connectivity index (χ0) is 30.3. The van der Waals surface area contributed by atoms with Gasteiger partial charge in [-0.05, 0) is 70.4 Å². The lowest BCUT2D eigenvalue weighted by atomic mass is 9.96. The molecule has 1 atom stereocenters. The Morgan fingerprint density at radius 2 is 1.68 bits per heavy atom. The summed E-state index contributed by atoms with van der Waals surface area (Å²) in [4.78, 5) is 42.4. The molecule has 41 heavy (non-hydrogen) atoms. The van der Waals surface area contributed by atoms with Crippen molar-refractivity contribution in [1.29, 1.82) is 0 Å². The fourth-order valence-corrected chi connectivity index (χ4v) is 4.51. The molecule has 0 saturated carbocycles. The lowest BCUT2D eigenvalue weighted by Crippen LogP contribution is -2.50. The lowest BCUT2D eigenvalue weighted by molar-refractivity contribution is -0.128. The van der Waals surface area contributed by atoms with Crippen LogP contribution in [0.4, 0.5) is 11.5 Å². The first-order valence-electron chi connectivity index (χ1n) is 13.6. The molecule has 0 aliphatic heterocycles. The Morgan fingerprint density at radius 1 is 1.00 bits per heavy atom. The highest BCUT2D eigenvalue weighted by Crippen LogP contribution is 2.40. The van der Waals surface area contributed by atoms with Crippen molar-refractivity contribution < 1.29 is 28.4 Å². The molecule has 220 valence electrons. The molecule has 0 bridgehead atoms. The van der Waals surface area contributed by atoms with Gasteiger partial charge in [-0.2, -0.15) is 0 Å². The van der Waals surface area contributed by atoms with Crippen molar-refractivity contribution in [3.63, 3.8) is 0 Å². The summed E-state index contributed by atoms with van der Waals surface area (Å²) in [7, 11) is 3.00. The number of rotatable bonds is 12. The van der Waals surface area contributed by atoms with E-state index in [1.807, 2.05) is 52.8 Å². The number of aryl methyl sites for hydroxylation is 3. The monoisotopic (exact) mass is 564 g/mol. The molecular formula is C31H40N4O6. The molecule has 0 saturated heterocycles. The molecule has 1 heterocycles. The van der Waals surface area contributed by atoms with E-state index in [1.54, 1.807) is 31.2 Å². The predicted molar refractivity (Wildman–Crippen MR) is 157 cm³/mol. The minimum absolute atomic E-state index is 0.129. The molecule has 3 aromatic rings. The van der Waals surface area contributed by atoms with Gasteiger partial charge in [-0.1, -0.05) is 30.3 Å². The Hall–Kier alpha value is -4.34. The lowest BCUT2D eigenvalue weighted by Gasteiger charge is -2.35. The smallest absolute Gasteiger partial charge is 0.248 e. The minimum Gasteiger partial charge on any atom is -0.493 e. The summed E-state index contributed by atoms with van der Waals surface area (Å²) in [6.07, 6.45) is 0.374. The van der Waals surface area contributed by atoms with Crippen LogP contribution in [0.1, 0.15) is 68.5 Å². The number of para-hydroxylation sites is 1. The average Bonchev–Trinajstić information content (AvgIpc) is 3.32. The van der Waals surface area contributed by atoms with Gasteiger partial charge in [-0.3, -0.25) is 19.3 Å². The predicted octanol–water partition coefficient (Wildman–Crippen LogP) is 5.42. The molecule has 0 aliphatic carbocycles. The first-order valence-corrected chi connectivity index (χ1v) is 13.6. The van der Waals surface area contributed by atoms with E-state index in [2.05, 4.69) is 15.8 Å². The van der Waals surface area contributed by atoms with Crippen molar-refractivity contribution in [3.8, 4) is 11.5 Å². The van der Waals surface area contributed by atoms with Gasteiger partial charge in [0.1, 0.15) is 11.8 Å². The van der Waals surface area contributed by atoms with Crippen LogP contribution in [0.15, 0.2) is 47.0 Å². The molecule has 2 aromatic carbocycles. The molecule has 10 nitrogen and oxygen atoms in total. The Bertz CT molecular complexity index is 1380. The summed E-state index contributed by atoms with van der Waals surface area (Å²) in [5.41, 5.74) is 2.27. The number of carbonyl (C=O) groups excluding carboxylic acids is 3. The van der Waals surface area contributed by atoms with E-state index in [1.165, 1.54) is 19.1 Å². The van der Waals surface area contributed by atoms with Gasteiger partial charge in [0.05, 0.1) is 14.2 Å². The third-order valence-corrected chi connectivity index (χ3v) is 6.79. The third-order valence-electron chi connectivity index (χ3n) is 6.79. The van der Waals surface area contributed by atoms with Gasteiger partial charge in [0, 0.05) is 35.7 Å². The van der Waals surface area contributed by atoms with E-state index in [-0.39, 0.29) is 18.7 Å². The van der Waals surface area contributed by atoms with Crippen LogP contribution in [0.3, 0.4) is 0 Å². The zero-order valence-corrected chi connectivity index (χ0v) is 25.1. The van der Waals surface area contributed by atoms with Gasteiger partial charge in [-0.15, -0.1) is 0 Å². The maximum atomic E-state index is 14.2. The molecule has 0 fully saturated rings. The second-order valence-corrected chi connectivity index (χ2v) is 10.7. The van der Waals surface area contributed by atoms with Crippen LogP contribution >= 0.6 is 0 Å². The Labute approximate surface area is 241 Å². The van der Waals surface area contributed by atoms with Gasteiger partial charge in [-0.25, -0.2) is 0 Å². The summed E-state index contributed by atoms with van der Waals surface area (Å²) in [6, 6.07) is 11.4. The number of nitrogens with one attached hydrogen (secondary N) is 2. The van der Waals surface area contributed by atoms with Crippen molar-refractivity contribution in [2.45, 2.75) is 72.4 Å². The largest absolute Gasteiger partial charge is 0.493 e. The van der Waals surface area contributed by atoms with Gasteiger partial charge in [0.15, 0.2) is 17.3 Å². The quantitative estimate of drug-likeness (QED) is 0.301. The highest BCUT2D eigenvalue weighted by Gasteiger charge is 2.37. The summed E-state index contributed by atoms with van der Waals surface area (Å²) in [5, 5.41) is 9.51. The Kier molecular flexibility index (Phi) is 10.2. The van der Waals surface area contributed by atoms with Crippen LogP contribution in [-0.2, 0) is 14.4 Å². The van der Waals surface area contributed by atoms with Crippen LogP contribution in [0.2, 0.25) is 0 Å². The van der Waals surface area contributed by atoms with Crippen LogP contribution in [0, 0.1) is 20.8 Å². The van der Waals surface area contributed by atoms with E-state index < -0.39 is 29.3 Å². The topological polar surface area (TPSA) is 123 Å². The molecule has 1 aromatic heterocycles. The maximum Gasteiger partial charge on any atom is 0.248 e. The standard InChI is InChI=1S/C31H40N4O6/c1-9-31(5,6)33-30(38)28(23-11-10-12-24(39-7)29(23)40-8)35(22-16-19(2)15-20(3)17-22)27(37)14-13-26(36)32-25-18-21(4)41-34-25/h10-12,15-18,28H,9,13-14H2,1-8H3,(H,33,38)(H,32,34,36)/t28-/m1/s1. The first kappa shape index (κ1) is 31.2. The number of methoxy groups -OCH3 is 2. The number of aromatic nitrogens is 1. The number of amides is 3. The second-order valence-electron chi connectivity index (χ2n) is 10.7. The minimum atomic E-state index is -1.12. The second kappa shape index (κ2) is 13.3. The summed E-state index contributed by atoms with van der Waals surface area (Å²) in [6.45, 7) is 11.4. The molecular weight excluding hydrogens is 524 g/mol. The highest BCUT2D eigenvalue weighted by atomic mass is 16.5. The van der Waals surface area contributed by atoms with Crippen LogP contribution in [0.25, 0.3) is 0 Å². The number of hydrogen-bond acceptors (Lipinski definition) is 7. The van der Waals surface area contributed by atoms with Crippen molar-refractivity contribution in [2.24, 2.45) is 0 Å². The molecule has 3 rings (SSSR count). The SMILES string of the molecule is CCC(C)(C)NC(=O)[C@@H](c1cccc(OC)c1OC)N(C(=O)CCC(=O)Nc1cc(C)on1)c1cc(C)cc(C)c1. The van der Waals surface area contributed by atoms with Gasteiger partial charge in [0.2, 0.25) is 17.7 Å². The fourth-order valence-electron chi connectivity index (χ4n) is 4.51. The molecule has 2 N–H and O–H groups in total. The maximum absolute atomic E-state index is 14.2. The number of anilines is 2. The fraction of sp³-hybridized carbons (Fsp3) is 0.419. The van der Waals surface area contributed by atoms with E-state index in [0.29, 0.717) is 34.9 Å². The van der Waals surface area contributed by atoms with Gasteiger partial charge >= 0.3 is 0 Å². The van der Waals surface area contributed by atoms with Crippen molar-refractivity contribution in [3.05, 3.63) is 64.9 Å². The van der Waals surface area contributed by atoms with Crippen molar-refractivity contribution >= 4 is 29.2 Å². The summed E-state index contributed by atoms with van der Waals surface area (Å²) >= 11 is 0. The van der Waals surface area contributed by atoms with E-state index >= 15 is 0 Å². The first-order chi connectivity index (χ1) is 19.4. The number of benzene rings is 2. The van der Waals surface area contributed by atoms with Crippen LogP contribution in [-0.4, -0.2) is 42.6 Å². The van der Waals surface area contributed by atoms with Gasteiger partial charge in [0.25, 0.3) is 0 Å². The number of ether oxygens (including phenoxy) is 2. The Balaban J connectivity index is 2.11. The zero-order valence-electron chi connectivity index (χ0n) is 25.1. The normalized spacial score (nSPS) is 11.9. The summed E-state index contributed by atoms with van der Waals surface area (Å²) in [5.74, 6) is 0.372. The van der Waals surface area contributed by atoms with E-state index in [9.17, 15) is 14.4 Å². The molecule has 0 spiro atoms. The van der Waals surface area contributed by atoms with Crippen LogP contribution < -0.4 is 25.0 Å². The van der Waals surface area contributed by atoms with E-state index in [0.717, 1.165) is 11.1 Å². The van der Waals surface area contributed by atoms with Gasteiger partial charge < -0.3 is 24.6 Å². The molecule has 0 radical (unpaired) electrons. The third kappa shape index (κ3) is 7.87.